The van der Waals surface area contributed by atoms with Crippen molar-refractivity contribution in [3.05, 3.63) is 33.9 Å². The summed E-state index contributed by atoms with van der Waals surface area (Å²) in [5.41, 5.74) is 2.82. The number of aromatic amines is 1. The first kappa shape index (κ1) is 11.9. The fourth-order valence-electron chi connectivity index (χ4n) is 2.70. The molecule has 0 saturated carbocycles. The quantitative estimate of drug-likeness (QED) is 0.837. The zero-order valence-electron chi connectivity index (χ0n) is 10.2. The van der Waals surface area contributed by atoms with E-state index in [1.165, 1.54) is 0 Å². The second-order valence-corrected chi connectivity index (χ2v) is 5.74. The third-order valence-electron chi connectivity index (χ3n) is 3.57. The normalized spacial score (nSPS) is 19.6. The maximum absolute atomic E-state index is 12.6. The highest BCUT2D eigenvalue weighted by Gasteiger charge is 2.26. The van der Waals surface area contributed by atoms with Gasteiger partial charge in [-0.3, -0.25) is 4.79 Å². The number of fused-ring (bicyclic) bond motifs is 1. The molecule has 0 radical (unpaired) electrons. The number of carbonyl (C=O) groups excluding carboxylic acids is 1. The van der Waals surface area contributed by atoms with Gasteiger partial charge in [0.25, 0.3) is 0 Å². The number of rotatable bonds is 2. The Labute approximate surface area is 114 Å². The molecule has 4 heteroatoms. The van der Waals surface area contributed by atoms with E-state index in [4.69, 9.17) is 0 Å². The lowest BCUT2D eigenvalue weighted by molar-refractivity contribution is 0.0953. The summed E-state index contributed by atoms with van der Waals surface area (Å²) in [4.78, 5) is 15.8. The van der Waals surface area contributed by atoms with Gasteiger partial charge >= 0.3 is 0 Å². The summed E-state index contributed by atoms with van der Waals surface area (Å²) < 4.78 is 1.00. The minimum Gasteiger partial charge on any atom is -0.358 e. The van der Waals surface area contributed by atoms with Crippen molar-refractivity contribution in [3.8, 4) is 0 Å². The third kappa shape index (κ3) is 1.89. The van der Waals surface area contributed by atoms with Crippen LogP contribution in [0.2, 0.25) is 0 Å². The molecular weight excluding hydrogens is 292 g/mol. The predicted octanol–water partition coefficient (Wildman–Crippen LogP) is 3.17. The van der Waals surface area contributed by atoms with Crippen molar-refractivity contribution < 1.29 is 4.79 Å². The van der Waals surface area contributed by atoms with Crippen LogP contribution < -0.4 is 5.32 Å². The number of hydrogen-bond donors (Lipinski definition) is 2. The molecule has 18 heavy (non-hydrogen) atoms. The number of H-pyrrole nitrogens is 1. The number of ketones is 1. The zero-order valence-corrected chi connectivity index (χ0v) is 11.8. The van der Waals surface area contributed by atoms with E-state index >= 15 is 0 Å². The fourth-order valence-corrected chi connectivity index (χ4v) is 3.06. The molecule has 1 atom stereocenters. The molecule has 0 spiro atoms. The van der Waals surface area contributed by atoms with Gasteiger partial charge in [0, 0.05) is 26.6 Å². The number of halogens is 1. The molecule has 94 valence electrons. The van der Waals surface area contributed by atoms with Crippen molar-refractivity contribution in [2.45, 2.75) is 25.8 Å². The van der Waals surface area contributed by atoms with Crippen LogP contribution in [-0.2, 0) is 0 Å². The molecule has 0 bridgehead atoms. The first-order chi connectivity index (χ1) is 8.66. The molecule has 1 aliphatic heterocycles. The van der Waals surface area contributed by atoms with Gasteiger partial charge in [0.05, 0.1) is 6.04 Å². The number of aromatic nitrogens is 1. The van der Waals surface area contributed by atoms with Gasteiger partial charge in [-0.2, -0.15) is 0 Å². The Morgan fingerprint density at radius 2 is 2.28 bits per heavy atom. The third-order valence-corrected chi connectivity index (χ3v) is 4.06. The van der Waals surface area contributed by atoms with Crippen LogP contribution in [0.15, 0.2) is 22.7 Å². The van der Waals surface area contributed by atoms with Crippen LogP contribution in [-0.4, -0.2) is 23.4 Å². The van der Waals surface area contributed by atoms with Crippen molar-refractivity contribution in [1.82, 2.24) is 10.3 Å². The van der Waals surface area contributed by atoms with E-state index in [-0.39, 0.29) is 11.8 Å². The second-order valence-electron chi connectivity index (χ2n) is 4.83. The number of carbonyl (C=O) groups is 1. The van der Waals surface area contributed by atoms with Crippen molar-refractivity contribution in [1.29, 1.82) is 0 Å². The van der Waals surface area contributed by atoms with Gasteiger partial charge in [0.1, 0.15) is 0 Å². The van der Waals surface area contributed by atoms with Crippen LogP contribution in [0.4, 0.5) is 0 Å². The molecule has 1 aromatic heterocycles. The maximum Gasteiger partial charge on any atom is 0.182 e. The molecule has 0 amide bonds. The van der Waals surface area contributed by atoms with E-state index in [9.17, 15) is 4.79 Å². The Kier molecular flexibility index (Phi) is 2.99. The fraction of sp³-hybridized carbons (Fsp3) is 0.357. The Bertz CT molecular complexity index is 612. The van der Waals surface area contributed by atoms with Gasteiger partial charge in [-0.15, -0.1) is 0 Å². The lowest BCUT2D eigenvalue weighted by Crippen LogP contribution is -2.31. The first-order valence-corrected chi connectivity index (χ1v) is 7.01. The monoisotopic (exact) mass is 306 g/mol. The van der Waals surface area contributed by atoms with Crippen molar-refractivity contribution in [2.75, 3.05) is 6.54 Å². The minimum atomic E-state index is -0.0123. The van der Waals surface area contributed by atoms with Gasteiger partial charge in [0.2, 0.25) is 0 Å². The number of aryl methyl sites for hydroxylation is 1. The minimum absolute atomic E-state index is 0.0123. The standard InChI is InChI=1S/C14H15BrN2O/c1-8-13(14(18)12-3-2-6-16-12)10-7-9(15)4-5-11(10)17-8/h4-5,7,12,16-17H,2-3,6H2,1H3. The van der Waals surface area contributed by atoms with E-state index < -0.39 is 0 Å². The first-order valence-electron chi connectivity index (χ1n) is 6.22. The molecule has 1 saturated heterocycles. The number of hydrogen-bond acceptors (Lipinski definition) is 2. The largest absolute Gasteiger partial charge is 0.358 e. The van der Waals surface area contributed by atoms with Gasteiger partial charge in [-0.25, -0.2) is 0 Å². The molecule has 0 aliphatic carbocycles. The molecule has 2 N–H and O–H groups in total. The van der Waals surface area contributed by atoms with E-state index in [0.29, 0.717) is 0 Å². The topological polar surface area (TPSA) is 44.9 Å². The lowest BCUT2D eigenvalue weighted by atomic mass is 10.00. The molecular formula is C14H15BrN2O. The highest BCUT2D eigenvalue weighted by molar-refractivity contribution is 9.10. The van der Waals surface area contributed by atoms with Crippen LogP contribution in [0.1, 0.15) is 28.9 Å². The highest BCUT2D eigenvalue weighted by Crippen LogP contribution is 2.27. The van der Waals surface area contributed by atoms with E-state index in [1.54, 1.807) is 0 Å². The average Bonchev–Trinajstić information content (AvgIpc) is 2.94. The van der Waals surface area contributed by atoms with Crippen molar-refractivity contribution in [2.24, 2.45) is 0 Å². The van der Waals surface area contributed by atoms with Crippen molar-refractivity contribution in [3.63, 3.8) is 0 Å². The van der Waals surface area contributed by atoms with Gasteiger partial charge < -0.3 is 10.3 Å². The summed E-state index contributed by atoms with van der Waals surface area (Å²) in [6, 6.07) is 5.99. The van der Waals surface area contributed by atoms with Crippen LogP contribution in [0.5, 0.6) is 0 Å². The van der Waals surface area contributed by atoms with Gasteiger partial charge in [0.15, 0.2) is 5.78 Å². The summed E-state index contributed by atoms with van der Waals surface area (Å²) in [6.45, 7) is 2.91. The maximum atomic E-state index is 12.6. The van der Waals surface area contributed by atoms with E-state index in [1.807, 2.05) is 25.1 Å². The molecule has 1 aromatic carbocycles. The number of nitrogens with one attached hydrogen (secondary N) is 2. The lowest BCUT2D eigenvalue weighted by Gasteiger charge is -2.09. The number of benzene rings is 1. The Morgan fingerprint density at radius 3 is 3.00 bits per heavy atom. The van der Waals surface area contributed by atoms with Crippen molar-refractivity contribution >= 4 is 32.6 Å². The summed E-state index contributed by atoms with van der Waals surface area (Å²) >= 11 is 3.47. The van der Waals surface area contributed by atoms with E-state index in [2.05, 4.69) is 26.2 Å². The van der Waals surface area contributed by atoms with E-state index in [0.717, 1.165) is 46.0 Å². The highest BCUT2D eigenvalue weighted by atomic mass is 79.9. The smallest absolute Gasteiger partial charge is 0.182 e. The predicted molar refractivity (Wildman–Crippen MR) is 76.1 cm³/mol. The Morgan fingerprint density at radius 1 is 1.44 bits per heavy atom. The summed E-state index contributed by atoms with van der Waals surface area (Å²) in [6.07, 6.45) is 2.03. The van der Waals surface area contributed by atoms with Gasteiger partial charge in [-0.05, 0) is 44.5 Å². The van der Waals surface area contributed by atoms with Crippen LogP contribution in [0.3, 0.4) is 0 Å². The Balaban J connectivity index is 2.12. The zero-order chi connectivity index (χ0) is 12.7. The second kappa shape index (κ2) is 4.52. The molecule has 2 aromatic rings. The molecule has 1 aliphatic rings. The molecule has 1 unspecified atom stereocenters. The molecule has 2 heterocycles. The summed E-state index contributed by atoms with van der Waals surface area (Å²) in [5.74, 6) is 0.217. The van der Waals surface area contributed by atoms with Crippen LogP contribution >= 0.6 is 15.9 Å². The molecule has 3 rings (SSSR count). The number of Topliss-reactive ketones (excluding diaryl/α,β-unsaturated/α-hetero) is 1. The van der Waals surface area contributed by atoms with Gasteiger partial charge in [-0.1, -0.05) is 15.9 Å². The van der Waals surface area contributed by atoms with Crippen LogP contribution in [0, 0.1) is 6.92 Å². The average molecular weight is 307 g/mol. The molecule has 3 nitrogen and oxygen atoms in total. The van der Waals surface area contributed by atoms with Crippen LogP contribution in [0.25, 0.3) is 10.9 Å². The Hall–Kier alpha value is -1.13. The molecule has 1 fully saturated rings. The SMILES string of the molecule is Cc1[nH]c2ccc(Br)cc2c1C(=O)C1CCCN1. The summed E-state index contributed by atoms with van der Waals surface area (Å²) in [5, 5.41) is 4.29. The summed E-state index contributed by atoms with van der Waals surface area (Å²) in [7, 11) is 0.